The lowest BCUT2D eigenvalue weighted by Gasteiger charge is -2.11. The van der Waals surface area contributed by atoms with Crippen molar-refractivity contribution in [1.29, 1.82) is 0 Å². The van der Waals surface area contributed by atoms with Crippen molar-refractivity contribution < 1.29 is 19.0 Å². The van der Waals surface area contributed by atoms with E-state index in [1.165, 1.54) is 7.11 Å². The van der Waals surface area contributed by atoms with Crippen molar-refractivity contribution in [2.75, 3.05) is 13.9 Å². The Morgan fingerprint density at radius 3 is 3.00 bits per heavy atom. The van der Waals surface area contributed by atoms with Gasteiger partial charge in [0.05, 0.1) is 13.0 Å². The summed E-state index contributed by atoms with van der Waals surface area (Å²) >= 11 is 0. The number of esters is 1. The highest BCUT2D eigenvalue weighted by Gasteiger charge is 2.26. The Morgan fingerprint density at radius 1 is 1.26 bits per heavy atom. The Morgan fingerprint density at radius 2 is 2.13 bits per heavy atom. The van der Waals surface area contributed by atoms with Gasteiger partial charge in [-0.15, -0.1) is 10.2 Å². The average molecular weight is 315 g/mol. The van der Waals surface area contributed by atoms with Crippen molar-refractivity contribution in [3.05, 3.63) is 24.0 Å². The molecule has 0 spiro atoms. The molecule has 1 aromatic heterocycles. The Balaban J connectivity index is 1.64. The Kier molecular flexibility index (Phi) is 3.40. The molecule has 7 heteroatoms. The second kappa shape index (κ2) is 5.57. The molecule has 1 unspecified atom stereocenters. The zero-order valence-corrected chi connectivity index (χ0v) is 12.8. The molecule has 3 heterocycles. The van der Waals surface area contributed by atoms with Crippen molar-refractivity contribution in [1.82, 2.24) is 14.8 Å². The van der Waals surface area contributed by atoms with Gasteiger partial charge in [-0.05, 0) is 31.0 Å². The van der Waals surface area contributed by atoms with Crippen molar-refractivity contribution in [3.63, 3.8) is 0 Å². The molecule has 0 fully saturated rings. The Bertz CT molecular complexity index is 756. The number of hydrogen-bond donors (Lipinski definition) is 0. The van der Waals surface area contributed by atoms with Crippen LogP contribution in [0.5, 0.6) is 11.5 Å². The van der Waals surface area contributed by atoms with E-state index in [0.717, 1.165) is 48.0 Å². The fourth-order valence-corrected chi connectivity index (χ4v) is 3.14. The molecule has 1 aromatic carbocycles. The summed E-state index contributed by atoms with van der Waals surface area (Å²) in [5.74, 6) is 2.95. The first kappa shape index (κ1) is 14.0. The quantitative estimate of drug-likeness (QED) is 0.787. The zero-order chi connectivity index (χ0) is 15.8. The number of ether oxygens (including phenoxy) is 3. The Labute approximate surface area is 133 Å². The number of carbonyl (C=O) groups excluding carboxylic acids is 1. The molecule has 23 heavy (non-hydrogen) atoms. The summed E-state index contributed by atoms with van der Waals surface area (Å²) in [6.45, 7) is 0.948. The largest absolute Gasteiger partial charge is 0.469 e. The van der Waals surface area contributed by atoms with Crippen LogP contribution in [0.3, 0.4) is 0 Å². The maximum Gasteiger partial charge on any atom is 0.308 e. The molecule has 2 aliphatic rings. The molecule has 0 bridgehead atoms. The predicted octanol–water partition coefficient (Wildman–Crippen LogP) is 1.80. The molecule has 7 nitrogen and oxygen atoms in total. The molecule has 0 saturated heterocycles. The van der Waals surface area contributed by atoms with Gasteiger partial charge in [0.15, 0.2) is 17.3 Å². The molecule has 2 aliphatic heterocycles. The molecular formula is C16H17N3O4. The van der Waals surface area contributed by atoms with Crippen LogP contribution in [0.1, 0.15) is 18.7 Å². The van der Waals surface area contributed by atoms with Crippen LogP contribution in [0.2, 0.25) is 0 Å². The first-order valence-electron chi connectivity index (χ1n) is 7.66. The highest BCUT2D eigenvalue weighted by atomic mass is 16.7. The van der Waals surface area contributed by atoms with Gasteiger partial charge >= 0.3 is 5.97 Å². The molecule has 2 aromatic rings. The van der Waals surface area contributed by atoms with Crippen LogP contribution in [0.4, 0.5) is 0 Å². The second-order valence-electron chi connectivity index (χ2n) is 5.71. The van der Waals surface area contributed by atoms with Gasteiger partial charge in [-0.1, -0.05) is 0 Å². The highest BCUT2D eigenvalue weighted by Crippen LogP contribution is 2.36. The van der Waals surface area contributed by atoms with E-state index in [-0.39, 0.29) is 18.7 Å². The normalized spacial score (nSPS) is 19.1. The average Bonchev–Trinajstić information content (AvgIpc) is 3.15. The SMILES string of the molecule is COC(=O)C1CCc2nnc(-c3ccc4c(c3)OCO4)n2CC1. The number of methoxy groups -OCH3 is 1. The molecule has 0 aliphatic carbocycles. The summed E-state index contributed by atoms with van der Waals surface area (Å²) in [6.07, 6.45) is 2.19. The van der Waals surface area contributed by atoms with Gasteiger partial charge in [0.25, 0.3) is 0 Å². The van der Waals surface area contributed by atoms with Gasteiger partial charge in [-0.3, -0.25) is 4.79 Å². The van der Waals surface area contributed by atoms with Crippen LogP contribution in [0.15, 0.2) is 18.2 Å². The van der Waals surface area contributed by atoms with Crippen molar-refractivity contribution in [2.45, 2.75) is 25.8 Å². The fraction of sp³-hybridized carbons (Fsp3) is 0.438. The van der Waals surface area contributed by atoms with E-state index in [9.17, 15) is 4.79 Å². The van der Waals surface area contributed by atoms with Gasteiger partial charge < -0.3 is 18.8 Å². The third-order valence-electron chi connectivity index (χ3n) is 4.41. The summed E-state index contributed by atoms with van der Waals surface area (Å²) in [6, 6.07) is 5.75. The van der Waals surface area contributed by atoms with Crippen molar-refractivity contribution in [2.24, 2.45) is 5.92 Å². The van der Waals surface area contributed by atoms with E-state index in [2.05, 4.69) is 14.8 Å². The number of hydrogen-bond acceptors (Lipinski definition) is 6. The van der Waals surface area contributed by atoms with E-state index in [0.29, 0.717) is 6.54 Å². The van der Waals surface area contributed by atoms with Gasteiger partial charge in [0.1, 0.15) is 5.82 Å². The van der Waals surface area contributed by atoms with Crippen LogP contribution < -0.4 is 9.47 Å². The molecular weight excluding hydrogens is 298 g/mol. The smallest absolute Gasteiger partial charge is 0.308 e. The summed E-state index contributed by atoms with van der Waals surface area (Å²) in [4.78, 5) is 11.8. The minimum Gasteiger partial charge on any atom is -0.469 e. The summed E-state index contributed by atoms with van der Waals surface area (Å²) in [5, 5.41) is 8.62. The minimum absolute atomic E-state index is 0.0775. The third kappa shape index (κ3) is 2.42. The lowest BCUT2D eigenvalue weighted by Crippen LogP contribution is -2.16. The molecule has 4 rings (SSSR count). The summed E-state index contributed by atoms with van der Waals surface area (Å²) in [5.41, 5.74) is 0.935. The van der Waals surface area contributed by atoms with Crippen molar-refractivity contribution >= 4 is 5.97 Å². The molecule has 0 N–H and O–H groups in total. The van der Waals surface area contributed by atoms with Crippen LogP contribution in [0.25, 0.3) is 11.4 Å². The van der Waals surface area contributed by atoms with Crippen LogP contribution in [-0.4, -0.2) is 34.6 Å². The number of carbonyl (C=O) groups is 1. The van der Waals surface area contributed by atoms with Crippen LogP contribution in [-0.2, 0) is 22.5 Å². The van der Waals surface area contributed by atoms with Crippen LogP contribution in [0, 0.1) is 5.92 Å². The van der Waals surface area contributed by atoms with Gasteiger partial charge in [0.2, 0.25) is 6.79 Å². The first-order chi connectivity index (χ1) is 11.3. The number of fused-ring (bicyclic) bond motifs is 2. The number of benzene rings is 1. The fourth-order valence-electron chi connectivity index (χ4n) is 3.14. The first-order valence-corrected chi connectivity index (χ1v) is 7.66. The van der Waals surface area contributed by atoms with E-state index >= 15 is 0 Å². The standard InChI is InChI=1S/C16H17N3O4/c1-21-16(20)10-3-5-14-17-18-15(19(14)7-6-10)11-2-4-12-13(8-11)23-9-22-12/h2,4,8,10H,3,5-7,9H2,1H3. The molecule has 1 atom stereocenters. The number of aromatic nitrogens is 3. The third-order valence-corrected chi connectivity index (χ3v) is 4.41. The lowest BCUT2D eigenvalue weighted by atomic mass is 10.0. The van der Waals surface area contributed by atoms with E-state index in [1.54, 1.807) is 0 Å². The minimum atomic E-state index is -0.145. The lowest BCUT2D eigenvalue weighted by molar-refractivity contribution is -0.145. The summed E-state index contributed by atoms with van der Waals surface area (Å²) < 4.78 is 17.7. The van der Waals surface area contributed by atoms with E-state index < -0.39 is 0 Å². The maximum atomic E-state index is 11.8. The second-order valence-corrected chi connectivity index (χ2v) is 5.71. The zero-order valence-electron chi connectivity index (χ0n) is 12.8. The number of nitrogens with zero attached hydrogens (tertiary/aromatic N) is 3. The van der Waals surface area contributed by atoms with E-state index in [1.807, 2.05) is 18.2 Å². The predicted molar refractivity (Wildman–Crippen MR) is 80.0 cm³/mol. The molecule has 120 valence electrons. The summed E-state index contributed by atoms with van der Waals surface area (Å²) in [7, 11) is 1.44. The van der Waals surface area contributed by atoms with E-state index in [4.69, 9.17) is 14.2 Å². The van der Waals surface area contributed by atoms with Crippen LogP contribution >= 0.6 is 0 Å². The van der Waals surface area contributed by atoms with Gasteiger partial charge in [-0.25, -0.2) is 0 Å². The highest BCUT2D eigenvalue weighted by molar-refractivity contribution is 5.72. The number of aryl methyl sites for hydroxylation is 1. The maximum absolute atomic E-state index is 11.8. The molecule has 0 radical (unpaired) electrons. The molecule has 0 amide bonds. The Hall–Kier alpha value is -2.57. The van der Waals surface area contributed by atoms with Crippen molar-refractivity contribution in [3.8, 4) is 22.9 Å². The van der Waals surface area contributed by atoms with Gasteiger partial charge in [-0.2, -0.15) is 0 Å². The molecule has 0 saturated carbocycles. The monoisotopic (exact) mass is 315 g/mol. The topological polar surface area (TPSA) is 75.5 Å². The van der Waals surface area contributed by atoms with Gasteiger partial charge in [0, 0.05) is 18.5 Å². The number of rotatable bonds is 2.